The van der Waals surface area contributed by atoms with E-state index < -0.39 is 0 Å². The first-order valence-electron chi connectivity index (χ1n) is 10.3. The van der Waals surface area contributed by atoms with Crippen LogP contribution in [-0.4, -0.2) is 41.0 Å². The van der Waals surface area contributed by atoms with E-state index in [9.17, 15) is 0 Å². The minimum atomic E-state index is 0.229. The van der Waals surface area contributed by atoms with E-state index in [1.54, 1.807) is 0 Å². The lowest BCUT2D eigenvalue weighted by atomic mass is 9.94. The summed E-state index contributed by atoms with van der Waals surface area (Å²) < 4.78 is 0. The molecule has 1 atom stereocenters. The van der Waals surface area contributed by atoms with Crippen molar-refractivity contribution in [3.63, 3.8) is 0 Å². The van der Waals surface area contributed by atoms with Crippen molar-refractivity contribution in [1.29, 1.82) is 0 Å². The number of fused-ring (bicyclic) bond motifs is 1. The van der Waals surface area contributed by atoms with E-state index >= 15 is 0 Å². The Kier molecular flexibility index (Phi) is 4.78. The number of nitrogens with one attached hydrogen (secondary N) is 1. The van der Waals surface area contributed by atoms with E-state index in [1.165, 1.54) is 33.4 Å². The molecular weight excluding hydrogens is 356 g/mol. The van der Waals surface area contributed by atoms with Gasteiger partial charge >= 0.3 is 0 Å². The van der Waals surface area contributed by atoms with Crippen molar-refractivity contribution in [1.82, 2.24) is 14.9 Å². The predicted octanol–water partition coefficient (Wildman–Crippen LogP) is 4.78. The number of piperazine rings is 1. The van der Waals surface area contributed by atoms with E-state index in [4.69, 9.17) is 0 Å². The van der Waals surface area contributed by atoms with Crippen LogP contribution in [0.15, 0.2) is 79.1 Å². The summed E-state index contributed by atoms with van der Waals surface area (Å²) in [6.07, 6.45) is 3.82. The van der Waals surface area contributed by atoms with Crippen LogP contribution in [0.25, 0.3) is 10.9 Å². The quantitative estimate of drug-likeness (QED) is 0.551. The summed E-state index contributed by atoms with van der Waals surface area (Å²) >= 11 is 0. The molecule has 4 aromatic rings. The zero-order valence-electron chi connectivity index (χ0n) is 16.8. The highest BCUT2D eigenvalue weighted by Crippen LogP contribution is 2.36. The van der Waals surface area contributed by atoms with Gasteiger partial charge in [-0.25, -0.2) is 0 Å². The number of benzene rings is 2. The number of rotatable bonds is 4. The van der Waals surface area contributed by atoms with Gasteiger partial charge in [-0.1, -0.05) is 36.4 Å². The molecule has 1 aliphatic heterocycles. The standard InChI is InChI=1S/C25H26N4/c1-19-24(22-9-5-6-10-23(22)27-19)25(20-11-13-26-14-12-20)29-17-15-28(16-18-29)21-7-3-2-4-8-21/h2-14,25,27H,15-18H2,1H3/t25-/m1/s1. The van der Waals surface area contributed by atoms with Gasteiger partial charge in [0.25, 0.3) is 0 Å². The Labute approximate surface area is 171 Å². The highest BCUT2D eigenvalue weighted by atomic mass is 15.3. The van der Waals surface area contributed by atoms with Crippen LogP contribution >= 0.6 is 0 Å². The highest BCUT2D eigenvalue weighted by Gasteiger charge is 2.29. The summed E-state index contributed by atoms with van der Waals surface area (Å²) in [7, 11) is 0. The number of aryl methyl sites for hydroxylation is 1. The average Bonchev–Trinajstić information content (AvgIpc) is 3.12. The van der Waals surface area contributed by atoms with Crippen LogP contribution in [0, 0.1) is 6.92 Å². The number of anilines is 1. The summed E-state index contributed by atoms with van der Waals surface area (Å²) in [6, 6.07) is 23.9. The molecule has 2 aromatic carbocycles. The van der Waals surface area contributed by atoms with E-state index in [2.05, 4.69) is 93.4 Å². The van der Waals surface area contributed by atoms with Gasteiger partial charge in [-0.15, -0.1) is 0 Å². The maximum absolute atomic E-state index is 4.26. The summed E-state index contributed by atoms with van der Waals surface area (Å²) in [5, 5.41) is 1.32. The number of aromatic nitrogens is 2. The molecule has 5 rings (SSSR count). The molecule has 0 unspecified atom stereocenters. The van der Waals surface area contributed by atoms with Crippen LogP contribution in [0.4, 0.5) is 5.69 Å². The van der Waals surface area contributed by atoms with Gasteiger partial charge in [-0.05, 0) is 42.8 Å². The van der Waals surface area contributed by atoms with Crippen molar-refractivity contribution < 1.29 is 0 Å². The largest absolute Gasteiger partial charge is 0.369 e. The smallest absolute Gasteiger partial charge is 0.0627 e. The second-order valence-electron chi connectivity index (χ2n) is 7.75. The maximum Gasteiger partial charge on any atom is 0.0627 e. The van der Waals surface area contributed by atoms with Gasteiger partial charge in [0.05, 0.1) is 6.04 Å². The van der Waals surface area contributed by atoms with Gasteiger partial charge < -0.3 is 9.88 Å². The van der Waals surface area contributed by atoms with E-state index in [1.807, 2.05) is 12.4 Å². The summed E-state index contributed by atoms with van der Waals surface area (Å²) in [5.41, 5.74) is 6.47. The molecule has 0 aliphatic carbocycles. The summed E-state index contributed by atoms with van der Waals surface area (Å²) in [6.45, 7) is 6.32. The molecule has 0 saturated carbocycles. The lowest BCUT2D eigenvalue weighted by Gasteiger charge is -2.40. The minimum Gasteiger partial charge on any atom is -0.369 e. The van der Waals surface area contributed by atoms with Crippen molar-refractivity contribution in [2.45, 2.75) is 13.0 Å². The molecular formula is C25H26N4. The number of H-pyrrole nitrogens is 1. The number of pyridine rings is 1. The van der Waals surface area contributed by atoms with Crippen LogP contribution in [0.1, 0.15) is 22.9 Å². The predicted molar refractivity (Wildman–Crippen MR) is 119 cm³/mol. The third-order valence-electron chi connectivity index (χ3n) is 6.04. The second-order valence-corrected chi connectivity index (χ2v) is 7.75. The van der Waals surface area contributed by atoms with Gasteiger partial charge in [-0.3, -0.25) is 9.88 Å². The molecule has 1 N–H and O–H groups in total. The number of hydrogen-bond donors (Lipinski definition) is 1. The monoisotopic (exact) mass is 382 g/mol. The van der Waals surface area contributed by atoms with Crippen LogP contribution in [0.2, 0.25) is 0 Å². The summed E-state index contributed by atoms with van der Waals surface area (Å²) in [5.74, 6) is 0. The first kappa shape index (κ1) is 18.0. The number of para-hydroxylation sites is 2. The molecule has 0 radical (unpaired) electrons. The Bertz CT molecular complexity index is 1080. The Morgan fingerprint density at radius 2 is 1.52 bits per heavy atom. The van der Waals surface area contributed by atoms with E-state index in [-0.39, 0.29) is 6.04 Å². The first-order chi connectivity index (χ1) is 14.3. The second kappa shape index (κ2) is 7.72. The van der Waals surface area contributed by atoms with Crippen molar-refractivity contribution >= 4 is 16.6 Å². The molecule has 29 heavy (non-hydrogen) atoms. The SMILES string of the molecule is Cc1[nH]c2ccccc2c1[C@@H](c1ccncc1)N1CCN(c2ccccc2)CC1. The molecule has 2 aromatic heterocycles. The molecule has 0 bridgehead atoms. The van der Waals surface area contributed by atoms with Crippen LogP contribution in [0.3, 0.4) is 0 Å². The Morgan fingerprint density at radius 1 is 0.828 bits per heavy atom. The lowest BCUT2D eigenvalue weighted by Crippen LogP contribution is -2.48. The van der Waals surface area contributed by atoms with Crippen LogP contribution in [0.5, 0.6) is 0 Å². The van der Waals surface area contributed by atoms with Gasteiger partial charge in [0.1, 0.15) is 0 Å². The molecule has 0 spiro atoms. The average molecular weight is 383 g/mol. The van der Waals surface area contributed by atoms with Crippen molar-refractivity contribution in [3.8, 4) is 0 Å². The van der Waals surface area contributed by atoms with Gasteiger partial charge in [0.2, 0.25) is 0 Å². The normalized spacial score (nSPS) is 16.2. The molecule has 146 valence electrons. The van der Waals surface area contributed by atoms with E-state index in [0.29, 0.717) is 0 Å². The van der Waals surface area contributed by atoms with Crippen molar-refractivity contribution in [2.75, 3.05) is 31.1 Å². The van der Waals surface area contributed by atoms with Crippen molar-refractivity contribution in [3.05, 3.63) is 95.9 Å². The fraction of sp³-hybridized carbons (Fsp3) is 0.240. The van der Waals surface area contributed by atoms with Gasteiger partial charge in [-0.2, -0.15) is 0 Å². The molecule has 4 heteroatoms. The molecule has 0 amide bonds. The molecule has 1 fully saturated rings. The number of aromatic amines is 1. The van der Waals surface area contributed by atoms with Gasteiger partial charge in [0, 0.05) is 66.4 Å². The fourth-order valence-corrected chi connectivity index (χ4v) is 4.63. The number of nitrogens with zero attached hydrogens (tertiary/aromatic N) is 3. The third-order valence-corrected chi connectivity index (χ3v) is 6.04. The van der Waals surface area contributed by atoms with Crippen LogP contribution in [-0.2, 0) is 0 Å². The zero-order chi connectivity index (χ0) is 19.6. The van der Waals surface area contributed by atoms with E-state index in [0.717, 1.165) is 26.2 Å². The molecule has 3 heterocycles. The van der Waals surface area contributed by atoms with Crippen molar-refractivity contribution in [2.24, 2.45) is 0 Å². The summed E-state index contributed by atoms with van der Waals surface area (Å²) in [4.78, 5) is 13.0. The minimum absolute atomic E-state index is 0.229. The first-order valence-corrected chi connectivity index (χ1v) is 10.3. The topological polar surface area (TPSA) is 35.2 Å². The molecule has 4 nitrogen and oxygen atoms in total. The zero-order valence-corrected chi connectivity index (χ0v) is 16.8. The third kappa shape index (κ3) is 3.40. The highest BCUT2D eigenvalue weighted by molar-refractivity contribution is 5.85. The molecule has 1 aliphatic rings. The lowest BCUT2D eigenvalue weighted by molar-refractivity contribution is 0.213. The maximum atomic E-state index is 4.26. The Morgan fingerprint density at radius 3 is 2.28 bits per heavy atom. The Balaban J connectivity index is 1.50. The van der Waals surface area contributed by atoms with Crippen LogP contribution < -0.4 is 4.90 Å². The number of hydrogen-bond acceptors (Lipinski definition) is 3. The fourth-order valence-electron chi connectivity index (χ4n) is 4.63. The Hall–Kier alpha value is -3.11. The molecule has 1 saturated heterocycles. The van der Waals surface area contributed by atoms with Gasteiger partial charge in [0.15, 0.2) is 0 Å².